The number of thiophene rings is 1. The molecule has 0 unspecified atom stereocenters. The van der Waals surface area contributed by atoms with Crippen LogP contribution in [0.25, 0.3) is 10.9 Å². The lowest BCUT2D eigenvalue weighted by Crippen LogP contribution is -2.19. The number of hydrogen-bond acceptors (Lipinski definition) is 6. The zero-order chi connectivity index (χ0) is 20.7. The van der Waals surface area contributed by atoms with Crippen LogP contribution in [0.3, 0.4) is 0 Å². The highest BCUT2D eigenvalue weighted by Gasteiger charge is 2.32. The normalized spacial score (nSPS) is 14.6. The molecule has 4 rings (SSSR count). The van der Waals surface area contributed by atoms with E-state index in [0.29, 0.717) is 21.5 Å². The van der Waals surface area contributed by atoms with Gasteiger partial charge in [0.25, 0.3) is 5.56 Å². The maximum Gasteiger partial charge on any atom is 0.342 e. The van der Waals surface area contributed by atoms with Gasteiger partial charge in [0.15, 0.2) is 11.9 Å². The number of nitrogens with zero attached hydrogens (tertiary/aromatic N) is 1. The summed E-state index contributed by atoms with van der Waals surface area (Å²) < 4.78 is 5.60. The van der Waals surface area contributed by atoms with Gasteiger partial charge in [-0.1, -0.05) is 12.1 Å². The van der Waals surface area contributed by atoms with Gasteiger partial charge in [0.2, 0.25) is 5.91 Å². The molecule has 1 fully saturated rings. The van der Waals surface area contributed by atoms with Gasteiger partial charge in [0.1, 0.15) is 5.00 Å². The van der Waals surface area contributed by atoms with Crippen LogP contribution in [-0.4, -0.2) is 21.8 Å². The second kappa shape index (κ2) is 7.44. The van der Waals surface area contributed by atoms with E-state index in [1.165, 1.54) is 11.3 Å². The van der Waals surface area contributed by atoms with E-state index in [4.69, 9.17) is 4.74 Å². The molecular formula is C21H21N3O4S. The number of hydrogen-bond donors (Lipinski definition) is 2. The van der Waals surface area contributed by atoms with Gasteiger partial charge >= 0.3 is 5.97 Å². The molecule has 29 heavy (non-hydrogen) atoms. The Hall–Kier alpha value is -3.00. The number of carbonyl (C=O) groups is 2. The number of aromatic amines is 1. The van der Waals surface area contributed by atoms with Crippen molar-refractivity contribution < 1.29 is 14.3 Å². The van der Waals surface area contributed by atoms with Crippen molar-refractivity contribution in [2.45, 2.75) is 39.7 Å². The number of ether oxygens (including phenoxy) is 1. The Morgan fingerprint density at radius 1 is 1.28 bits per heavy atom. The van der Waals surface area contributed by atoms with Crippen LogP contribution in [0.15, 0.2) is 29.1 Å². The van der Waals surface area contributed by atoms with Crippen LogP contribution < -0.4 is 10.9 Å². The minimum atomic E-state index is -0.758. The number of rotatable bonds is 5. The average Bonchev–Trinajstić information content (AvgIpc) is 3.49. The Morgan fingerprint density at radius 3 is 2.72 bits per heavy atom. The van der Waals surface area contributed by atoms with Gasteiger partial charge in [0, 0.05) is 10.8 Å². The topological polar surface area (TPSA) is 101 Å². The zero-order valence-corrected chi connectivity index (χ0v) is 17.2. The SMILES string of the molecule is Cc1sc(NC(=O)C2CC2)c(C(=O)O[C@H](C)c2nc3ccccc3c(=O)[nH]2)c1C. The molecule has 1 atom stereocenters. The Labute approximate surface area is 171 Å². The third-order valence-electron chi connectivity index (χ3n) is 5.07. The summed E-state index contributed by atoms with van der Waals surface area (Å²) in [6.45, 7) is 5.38. The lowest BCUT2D eigenvalue weighted by atomic mass is 10.1. The van der Waals surface area contributed by atoms with Gasteiger partial charge in [-0.05, 0) is 51.3 Å². The molecule has 0 aliphatic heterocycles. The largest absolute Gasteiger partial charge is 0.451 e. The van der Waals surface area contributed by atoms with Gasteiger partial charge in [0.05, 0.1) is 16.5 Å². The monoisotopic (exact) mass is 411 g/mol. The van der Waals surface area contributed by atoms with E-state index in [-0.39, 0.29) is 23.2 Å². The highest BCUT2D eigenvalue weighted by Crippen LogP contribution is 2.36. The molecular weight excluding hydrogens is 390 g/mol. The van der Waals surface area contributed by atoms with Crippen LogP contribution in [0.4, 0.5) is 5.00 Å². The summed E-state index contributed by atoms with van der Waals surface area (Å²) in [5.74, 6) is -0.308. The molecule has 1 aromatic carbocycles. The van der Waals surface area contributed by atoms with Crippen molar-refractivity contribution in [1.29, 1.82) is 0 Å². The second-order valence-corrected chi connectivity index (χ2v) is 8.49. The summed E-state index contributed by atoms with van der Waals surface area (Å²) in [5, 5.41) is 3.85. The van der Waals surface area contributed by atoms with Crippen molar-refractivity contribution in [3.8, 4) is 0 Å². The van der Waals surface area contributed by atoms with E-state index in [0.717, 1.165) is 23.3 Å². The molecule has 0 radical (unpaired) electrons. The molecule has 1 amide bonds. The molecule has 8 heteroatoms. The Morgan fingerprint density at radius 2 is 2.00 bits per heavy atom. The Bertz CT molecular complexity index is 1180. The lowest BCUT2D eigenvalue weighted by Gasteiger charge is -2.14. The van der Waals surface area contributed by atoms with Gasteiger partial charge in [-0.3, -0.25) is 9.59 Å². The van der Waals surface area contributed by atoms with E-state index in [1.807, 2.05) is 13.8 Å². The first-order valence-electron chi connectivity index (χ1n) is 9.46. The quantitative estimate of drug-likeness (QED) is 0.621. The van der Waals surface area contributed by atoms with Gasteiger partial charge < -0.3 is 15.0 Å². The first-order chi connectivity index (χ1) is 13.8. The predicted octanol–water partition coefficient (Wildman–Crippen LogP) is 3.87. The molecule has 0 bridgehead atoms. The summed E-state index contributed by atoms with van der Waals surface area (Å²) in [6.07, 6.45) is 1.01. The lowest BCUT2D eigenvalue weighted by molar-refractivity contribution is -0.117. The first-order valence-corrected chi connectivity index (χ1v) is 10.3. The van der Waals surface area contributed by atoms with Gasteiger partial charge in [-0.25, -0.2) is 9.78 Å². The number of carbonyl (C=O) groups excluding carboxylic acids is 2. The summed E-state index contributed by atoms with van der Waals surface area (Å²) in [6, 6.07) is 6.98. The fraction of sp³-hybridized carbons (Fsp3) is 0.333. The number of aromatic nitrogens is 2. The number of aryl methyl sites for hydroxylation is 1. The second-order valence-electron chi connectivity index (χ2n) is 7.27. The Kier molecular flexibility index (Phi) is 4.96. The van der Waals surface area contributed by atoms with Crippen molar-refractivity contribution in [3.63, 3.8) is 0 Å². The van der Waals surface area contributed by atoms with Crippen LogP contribution in [0.2, 0.25) is 0 Å². The van der Waals surface area contributed by atoms with Crippen molar-refractivity contribution >= 4 is 39.1 Å². The van der Waals surface area contributed by atoms with Crippen LogP contribution >= 0.6 is 11.3 Å². The summed E-state index contributed by atoms with van der Waals surface area (Å²) in [4.78, 5) is 45.4. The number of para-hydroxylation sites is 1. The van der Waals surface area contributed by atoms with E-state index in [1.54, 1.807) is 31.2 Å². The third-order valence-corrected chi connectivity index (χ3v) is 6.20. The number of amides is 1. The number of nitrogens with one attached hydrogen (secondary N) is 2. The number of H-pyrrole nitrogens is 1. The first kappa shape index (κ1) is 19.3. The molecule has 0 spiro atoms. The maximum absolute atomic E-state index is 12.9. The van der Waals surface area contributed by atoms with Crippen LogP contribution in [-0.2, 0) is 9.53 Å². The highest BCUT2D eigenvalue weighted by atomic mass is 32.1. The predicted molar refractivity (Wildman–Crippen MR) is 111 cm³/mol. The molecule has 2 aromatic heterocycles. The molecule has 1 aliphatic carbocycles. The third kappa shape index (κ3) is 3.80. The fourth-order valence-corrected chi connectivity index (χ4v) is 4.14. The van der Waals surface area contributed by atoms with Crippen molar-refractivity contribution in [2.24, 2.45) is 5.92 Å². The summed E-state index contributed by atoms with van der Waals surface area (Å²) in [7, 11) is 0. The molecule has 1 saturated carbocycles. The fourth-order valence-electron chi connectivity index (χ4n) is 3.09. The minimum Gasteiger partial charge on any atom is -0.451 e. The highest BCUT2D eigenvalue weighted by molar-refractivity contribution is 7.16. The van der Waals surface area contributed by atoms with Crippen LogP contribution in [0.1, 0.15) is 52.5 Å². The van der Waals surface area contributed by atoms with Crippen molar-refractivity contribution in [2.75, 3.05) is 5.32 Å². The smallest absolute Gasteiger partial charge is 0.342 e. The standard InChI is InChI=1S/C21H21N3O4S/c1-10-12(3)29-20(24-18(25)13-8-9-13)16(10)21(27)28-11(2)17-22-15-7-5-4-6-14(15)19(26)23-17/h4-7,11,13H,8-9H2,1-3H3,(H,24,25)(H,22,23,26)/t11-/m1/s1. The molecule has 1 aliphatic rings. The van der Waals surface area contributed by atoms with Crippen molar-refractivity contribution in [1.82, 2.24) is 9.97 Å². The zero-order valence-electron chi connectivity index (χ0n) is 16.4. The molecule has 150 valence electrons. The maximum atomic E-state index is 12.9. The number of fused-ring (bicyclic) bond motifs is 1. The van der Waals surface area contributed by atoms with E-state index in [2.05, 4.69) is 15.3 Å². The van der Waals surface area contributed by atoms with E-state index in [9.17, 15) is 14.4 Å². The summed E-state index contributed by atoms with van der Waals surface area (Å²) in [5.41, 5.74) is 1.39. The van der Waals surface area contributed by atoms with Gasteiger partial charge in [-0.15, -0.1) is 11.3 Å². The molecule has 0 saturated heterocycles. The number of anilines is 1. The molecule has 2 N–H and O–H groups in total. The van der Waals surface area contributed by atoms with E-state index < -0.39 is 12.1 Å². The number of esters is 1. The van der Waals surface area contributed by atoms with Crippen molar-refractivity contribution in [3.05, 3.63) is 56.4 Å². The molecule has 3 aromatic rings. The molecule has 2 heterocycles. The molecule has 7 nitrogen and oxygen atoms in total. The number of benzene rings is 1. The van der Waals surface area contributed by atoms with Gasteiger partial charge in [-0.2, -0.15) is 0 Å². The average molecular weight is 411 g/mol. The summed E-state index contributed by atoms with van der Waals surface area (Å²) >= 11 is 1.36. The Balaban J connectivity index is 1.59. The van der Waals surface area contributed by atoms with Crippen LogP contribution in [0.5, 0.6) is 0 Å². The minimum absolute atomic E-state index is 0.0346. The van der Waals surface area contributed by atoms with E-state index >= 15 is 0 Å². The van der Waals surface area contributed by atoms with Crippen LogP contribution in [0, 0.1) is 19.8 Å².